The Hall–Kier alpha value is -0.470. The normalized spacial score (nSPS) is 16.0. The van der Waals surface area contributed by atoms with E-state index in [4.69, 9.17) is 5.11 Å². The molecule has 0 aliphatic heterocycles. The maximum absolute atomic E-state index is 12.2. The molecule has 7 heteroatoms. The molecular formula is C13H22N2O3S2. The van der Waals surface area contributed by atoms with E-state index in [2.05, 4.69) is 16.5 Å². The summed E-state index contributed by atoms with van der Waals surface area (Å²) in [4.78, 5) is 4.00. The minimum atomic E-state index is -3.47. The van der Waals surface area contributed by atoms with Gasteiger partial charge in [0.15, 0.2) is 0 Å². The maximum atomic E-state index is 12.2. The SMILES string of the molecule is CCN(CCNS(=O)(=O)c1cc(CO)sc1C)C1CC1. The van der Waals surface area contributed by atoms with Crippen molar-refractivity contribution in [2.75, 3.05) is 19.6 Å². The summed E-state index contributed by atoms with van der Waals surface area (Å²) in [7, 11) is -3.47. The Balaban J connectivity index is 1.94. The quantitative estimate of drug-likeness (QED) is 0.758. The first-order valence-corrected chi connectivity index (χ1v) is 9.21. The first-order chi connectivity index (χ1) is 9.47. The van der Waals surface area contributed by atoms with Crippen LogP contribution in [0.1, 0.15) is 29.5 Å². The number of rotatable bonds is 8. The van der Waals surface area contributed by atoms with E-state index in [1.807, 2.05) is 0 Å². The van der Waals surface area contributed by atoms with Crippen LogP contribution in [0.2, 0.25) is 0 Å². The highest BCUT2D eigenvalue weighted by atomic mass is 32.2. The van der Waals surface area contributed by atoms with Gasteiger partial charge in [-0.25, -0.2) is 13.1 Å². The van der Waals surface area contributed by atoms with E-state index in [0.717, 1.165) is 18.0 Å². The minimum absolute atomic E-state index is 0.119. The Morgan fingerprint density at radius 1 is 1.50 bits per heavy atom. The number of nitrogens with one attached hydrogen (secondary N) is 1. The molecule has 0 saturated heterocycles. The van der Waals surface area contributed by atoms with Crippen molar-refractivity contribution in [3.8, 4) is 0 Å². The van der Waals surface area contributed by atoms with Crippen molar-refractivity contribution in [1.29, 1.82) is 0 Å². The average Bonchev–Trinajstić information content (AvgIpc) is 3.17. The highest BCUT2D eigenvalue weighted by Gasteiger charge is 2.27. The summed E-state index contributed by atoms with van der Waals surface area (Å²) in [6, 6.07) is 2.20. The summed E-state index contributed by atoms with van der Waals surface area (Å²) in [6.45, 7) is 5.88. The standard InChI is InChI=1S/C13H22N2O3S2/c1-3-15(11-4-5-11)7-6-14-20(17,18)13-8-12(9-16)19-10(13)2/h8,11,14,16H,3-7,9H2,1-2H3. The zero-order chi connectivity index (χ0) is 14.8. The Morgan fingerprint density at radius 3 is 2.70 bits per heavy atom. The summed E-state index contributed by atoms with van der Waals surface area (Å²) in [5.41, 5.74) is 0. The Morgan fingerprint density at radius 2 is 2.20 bits per heavy atom. The molecule has 0 amide bonds. The lowest BCUT2D eigenvalue weighted by molar-refractivity contribution is 0.282. The third-order valence-corrected chi connectivity index (χ3v) is 6.28. The van der Waals surface area contributed by atoms with Crippen LogP contribution in [0.4, 0.5) is 0 Å². The second-order valence-electron chi connectivity index (χ2n) is 5.05. The van der Waals surface area contributed by atoms with E-state index in [0.29, 0.717) is 22.4 Å². The fourth-order valence-corrected chi connectivity index (χ4v) is 4.82. The second-order valence-corrected chi connectivity index (χ2v) is 8.13. The fourth-order valence-electron chi connectivity index (χ4n) is 2.31. The lowest BCUT2D eigenvalue weighted by Crippen LogP contribution is -2.36. The molecule has 1 aliphatic rings. The minimum Gasteiger partial charge on any atom is -0.391 e. The molecule has 0 atom stereocenters. The topological polar surface area (TPSA) is 69.6 Å². The molecule has 0 spiro atoms. The van der Waals surface area contributed by atoms with Crippen molar-refractivity contribution >= 4 is 21.4 Å². The van der Waals surface area contributed by atoms with Gasteiger partial charge >= 0.3 is 0 Å². The molecular weight excluding hydrogens is 296 g/mol. The van der Waals surface area contributed by atoms with Gasteiger partial charge in [0, 0.05) is 28.9 Å². The molecule has 0 bridgehead atoms. The van der Waals surface area contributed by atoms with Gasteiger partial charge in [0.2, 0.25) is 10.0 Å². The zero-order valence-electron chi connectivity index (χ0n) is 11.9. The molecule has 0 radical (unpaired) electrons. The predicted molar refractivity (Wildman–Crippen MR) is 80.4 cm³/mol. The molecule has 1 saturated carbocycles. The van der Waals surface area contributed by atoms with Gasteiger partial charge in [-0.3, -0.25) is 4.90 Å². The van der Waals surface area contributed by atoms with Gasteiger partial charge in [-0.15, -0.1) is 11.3 Å². The van der Waals surface area contributed by atoms with Crippen LogP contribution in [0.5, 0.6) is 0 Å². The van der Waals surface area contributed by atoms with Crippen LogP contribution in [0, 0.1) is 6.92 Å². The van der Waals surface area contributed by atoms with Crippen molar-refractivity contribution in [2.45, 2.75) is 44.2 Å². The van der Waals surface area contributed by atoms with Gasteiger partial charge < -0.3 is 5.11 Å². The van der Waals surface area contributed by atoms with Crippen molar-refractivity contribution in [3.05, 3.63) is 15.8 Å². The zero-order valence-corrected chi connectivity index (χ0v) is 13.6. The molecule has 2 N–H and O–H groups in total. The first kappa shape index (κ1) is 15.9. The van der Waals surface area contributed by atoms with Crippen molar-refractivity contribution < 1.29 is 13.5 Å². The van der Waals surface area contributed by atoms with Crippen LogP contribution in [0.3, 0.4) is 0 Å². The number of thiophene rings is 1. The molecule has 1 aromatic heterocycles. The van der Waals surface area contributed by atoms with Crippen molar-refractivity contribution in [1.82, 2.24) is 9.62 Å². The van der Waals surface area contributed by atoms with E-state index in [1.165, 1.54) is 24.2 Å². The van der Waals surface area contributed by atoms with Crippen LogP contribution in [0.15, 0.2) is 11.0 Å². The smallest absolute Gasteiger partial charge is 0.241 e. The lowest BCUT2D eigenvalue weighted by atomic mass is 10.4. The number of aliphatic hydroxyl groups excluding tert-OH is 1. The van der Waals surface area contributed by atoms with Crippen LogP contribution in [0.25, 0.3) is 0 Å². The molecule has 0 unspecified atom stereocenters. The summed E-state index contributed by atoms with van der Waals surface area (Å²) in [5.74, 6) is 0. The average molecular weight is 318 g/mol. The first-order valence-electron chi connectivity index (χ1n) is 6.91. The number of aryl methyl sites for hydroxylation is 1. The van der Waals surface area contributed by atoms with Gasteiger partial charge in [0.05, 0.1) is 11.5 Å². The molecule has 114 valence electrons. The van der Waals surface area contributed by atoms with Gasteiger partial charge in [0.1, 0.15) is 0 Å². The number of aliphatic hydroxyl groups is 1. The van der Waals surface area contributed by atoms with Gasteiger partial charge in [-0.1, -0.05) is 6.92 Å². The third kappa shape index (κ3) is 3.79. The Bertz CT molecular complexity index is 550. The van der Waals surface area contributed by atoms with Crippen molar-refractivity contribution in [2.24, 2.45) is 0 Å². The van der Waals surface area contributed by atoms with E-state index in [-0.39, 0.29) is 6.61 Å². The molecule has 1 heterocycles. The Kier molecular flexibility index (Phi) is 5.19. The molecule has 1 fully saturated rings. The van der Waals surface area contributed by atoms with Crippen LogP contribution in [-0.4, -0.2) is 44.1 Å². The van der Waals surface area contributed by atoms with Gasteiger partial charge in [0.25, 0.3) is 0 Å². The highest BCUT2D eigenvalue weighted by Crippen LogP contribution is 2.27. The predicted octanol–water partition coefficient (Wildman–Crippen LogP) is 1.31. The fraction of sp³-hybridized carbons (Fsp3) is 0.692. The van der Waals surface area contributed by atoms with E-state index >= 15 is 0 Å². The van der Waals surface area contributed by atoms with Crippen LogP contribution < -0.4 is 4.72 Å². The highest BCUT2D eigenvalue weighted by molar-refractivity contribution is 7.89. The summed E-state index contributed by atoms with van der Waals surface area (Å²) < 4.78 is 27.1. The maximum Gasteiger partial charge on any atom is 0.241 e. The number of nitrogens with zero attached hydrogens (tertiary/aromatic N) is 1. The third-order valence-electron chi connectivity index (χ3n) is 3.53. The number of hydrogen-bond acceptors (Lipinski definition) is 5. The van der Waals surface area contributed by atoms with Crippen LogP contribution in [-0.2, 0) is 16.6 Å². The molecule has 5 nitrogen and oxygen atoms in total. The lowest BCUT2D eigenvalue weighted by Gasteiger charge is -2.19. The number of sulfonamides is 1. The molecule has 2 rings (SSSR count). The largest absolute Gasteiger partial charge is 0.391 e. The molecule has 1 aliphatic carbocycles. The van der Waals surface area contributed by atoms with E-state index < -0.39 is 10.0 Å². The number of hydrogen-bond donors (Lipinski definition) is 2. The van der Waals surface area contributed by atoms with Crippen molar-refractivity contribution in [3.63, 3.8) is 0 Å². The van der Waals surface area contributed by atoms with E-state index in [1.54, 1.807) is 13.0 Å². The van der Waals surface area contributed by atoms with Gasteiger partial charge in [-0.2, -0.15) is 0 Å². The molecule has 1 aromatic rings. The van der Waals surface area contributed by atoms with Gasteiger partial charge in [-0.05, 0) is 32.4 Å². The summed E-state index contributed by atoms with van der Waals surface area (Å²) in [5, 5.41) is 9.08. The molecule has 0 aromatic carbocycles. The monoisotopic (exact) mass is 318 g/mol. The second kappa shape index (κ2) is 6.53. The molecule has 20 heavy (non-hydrogen) atoms. The Labute approximate surface area is 124 Å². The van der Waals surface area contributed by atoms with Crippen LogP contribution >= 0.6 is 11.3 Å². The summed E-state index contributed by atoms with van der Waals surface area (Å²) >= 11 is 1.32. The van der Waals surface area contributed by atoms with E-state index in [9.17, 15) is 8.42 Å². The summed E-state index contributed by atoms with van der Waals surface area (Å²) in [6.07, 6.45) is 2.45. The number of likely N-dealkylation sites (N-methyl/N-ethyl adjacent to an activating group) is 1.